The molecule has 2 aromatic rings. The molecule has 1 aliphatic rings. The highest BCUT2D eigenvalue weighted by Gasteiger charge is 2.18. The number of nitriles is 1. The zero-order valence-electron chi connectivity index (χ0n) is 13.8. The van der Waals surface area contributed by atoms with Gasteiger partial charge in [0.15, 0.2) is 0 Å². The average Bonchev–Trinajstić information content (AvgIpc) is 3.00. The van der Waals surface area contributed by atoms with Crippen LogP contribution in [0.1, 0.15) is 38.7 Å². The number of ether oxygens (including phenoxy) is 1. The number of nitrogens with zero attached hydrogens (tertiary/aromatic N) is 2. The standard InChI is InChI=1S/C19H23N3O/c1-14(2)23-17-8-6-15(7-9-17)18-12-16(13-20)19(21-18)22-10-4-3-5-11-22/h6-9,12,14,21H,3-5,10-11H2,1-2H3. The van der Waals surface area contributed by atoms with E-state index in [2.05, 4.69) is 16.0 Å². The molecular formula is C19H23N3O. The minimum absolute atomic E-state index is 0.169. The van der Waals surface area contributed by atoms with Crippen molar-refractivity contribution < 1.29 is 4.74 Å². The van der Waals surface area contributed by atoms with Gasteiger partial charge < -0.3 is 14.6 Å². The second-order valence-corrected chi connectivity index (χ2v) is 6.30. The SMILES string of the molecule is CC(C)Oc1ccc(-c2cc(C#N)c(N3CCCCC3)[nH]2)cc1. The number of hydrogen-bond donors (Lipinski definition) is 1. The number of benzene rings is 1. The minimum atomic E-state index is 0.169. The van der Waals surface area contributed by atoms with Crippen molar-refractivity contribution in [2.45, 2.75) is 39.2 Å². The number of hydrogen-bond acceptors (Lipinski definition) is 3. The van der Waals surface area contributed by atoms with E-state index in [9.17, 15) is 5.26 Å². The quantitative estimate of drug-likeness (QED) is 0.914. The van der Waals surface area contributed by atoms with Crippen molar-refractivity contribution in [1.82, 2.24) is 4.98 Å². The van der Waals surface area contributed by atoms with Crippen molar-refractivity contribution in [2.75, 3.05) is 18.0 Å². The second-order valence-electron chi connectivity index (χ2n) is 6.30. The van der Waals surface area contributed by atoms with E-state index in [1.165, 1.54) is 19.3 Å². The van der Waals surface area contributed by atoms with E-state index in [1.807, 2.05) is 44.2 Å². The van der Waals surface area contributed by atoms with Crippen LogP contribution in [0.2, 0.25) is 0 Å². The number of anilines is 1. The summed E-state index contributed by atoms with van der Waals surface area (Å²) >= 11 is 0. The number of aromatic nitrogens is 1. The van der Waals surface area contributed by atoms with Crippen LogP contribution in [-0.4, -0.2) is 24.2 Å². The summed E-state index contributed by atoms with van der Waals surface area (Å²) in [7, 11) is 0. The van der Waals surface area contributed by atoms with Crippen molar-refractivity contribution in [1.29, 1.82) is 5.26 Å². The van der Waals surface area contributed by atoms with Crippen molar-refractivity contribution in [3.05, 3.63) is 35.9 Å². The van der Waals surface area contributed by atoms with Gasteiger partial charge in [0.1, 0.15) is 17.6 Å². The lowest BCUT2D eigenvalue weighted by Gasteiger charge is -2.27. The highest BCUT2D eigenvalue weighted by Crippen LogP contribution is 2.30. The summed E-state index contributed by atoms with van der Waals surface area (Å²) in [6.07, 6.45) is 3.84. The van der Waals surface area contributed by atoms with Gasteiger partial charge in [-0.05, 0) is 69.0 Å². The molecule has 0 spiro atoms. The molecule has 4 heteroatoms. The Bertz CT molecular complexity index is 688. The summed E-state index contributed by atoms with van der Waals surface area (Å²) in [5, 5.41) is 9.44. The number of nitrogens with one attached hydrogen (secondary N) is 1. The van der Waals surface area contributed by atoms with E-state index in [0.717, 1.165) is 41.5 Å². The van der Waals surface area contributed by atoms with E-state index in [-0.39, 0.29) is 6.10 Å². The molecule has 1 aromatic carbocycles. The van der Waals surface area contributed by atoms with Crippen LogP contribution in [0.15, 0.2) is 30.3 Å². The Hall–Kier alpha value is -2.41. The monoisotopic (exact) mass is 309 g/mol. The van der Waals surface area contributed by atoms with Gasteiger partial charge in [0.2, 0.25) is 0 Å². The minimum Gasteiger partial charge on any atom is -0.491 e. The smallest absolute Gasteiger partial charge is 0.124 e. The van der Waals surface area contributed by atoms with Crippen molar-refractivity contribution >= 4 is 5.82 Å². The first kappa shape index (κ1) is 15.5. The zero-order valence-corrected chi connectivity index (χ0v) is 13.8. The fraction of sp³-hybridized carbons (Fsp3) is 0.421. The third-order valence-electron chi connectivity index (χ3n) is 4.13. The first-order valence-corrected chi connectivity index (χ1v) is 8.32. The molecule has 1 aliphatic heterocycles. The second kappa shape index (κ2) is 6.78. The molecule has 1 aromatic heterocycles. The highest BCUT2D eigenvalue weighted by molar-refractivity contribution is 5.69. The third kappa shape index (κ3) is 3.50. The van der Waals surface area contributed by atoms with Gasteiger partial charge in [-0.25, -0.2) is 0 Å². The topological polar surface area (TPSA) is 52.0 Å². The molecule has 0 bridgehead atoms. The molecule has 23 heavy (non-hydrogen) atoms. The predicted molar refractivity (Wildman–Crippen MR) is 92.8 cm³/mol. The van der Waals surface area contributed by atoms with Crippen LogP contribution in [0.25, 0.3) is 11.3 Å². The Labute approximate surface area is 137 Å². The lowest BCUT2D eigenvalue weighted by atomic mass is 10.1. The summed E-state index contributed by atoms with van der Waals surface area (Å²) in [5.41, 5.74) is 2.78. The van der Waals surface area contributed by atoms with Gasteiger partial charge >= 0.3 is 0 Å². The maximum atomic E-state index is 9.44. The molecule has 0 aliphatic carbocycles. The Kier molecular flexibility index (Phi) is 4.57. The van der Waals surface area contributed by atoms with Crippen LogP contribution in [-0.2, 0) is 0 Å². The van der Waals surface area contributed by atoms with Crippen LogP contribution < -0.4 is 9.64 Å². The van der Waals surface area contributed by atoms with Crippen molar-refractivity contribution in [2.24, 2.45) is 0 Å². The summed E-state index contributed by atoms with van der Waals surface area (Å²) in [4.78, 5) is 5.74. The summed E-state index contributed by atoms with van der Waals surface area (Å²) in [6, 6.07) is 12.3. The molecule has 1 fully saturated rings. The Morgan fingerprint density at radius 1 is 1.13 bits per heavy atom. The van der Waals surface area contributed by atoms with Gasteiger partial charge in [0, 0.05) is 18.8 Å². The molecule has 0 amide bonds. The van der Waals surface area contributed by atoms with Gasteiger partial charge in [-0.3, -0.25) is 0 Å². The molecule has 0 saturated carbocycles. The molecule has 2 heterocycles. The highest BCUT2D eigenvalue weighted by atomic mass is 16.5. The van der Waals surface area contributed by atoms with E-state index in [1.54, 1.807) is 0 Å². The van der Waals surface area contributed by atoms with Crippen LogP contribution >= 0.6 is 0 Å². The van der Waals surface area contributed by atoms with E-state index in [4.69, 9.17) is 4.74 Å². The Morgan fingerprint density at radius 3 is 2.43 bits per heavy atom. The van der Waals surface area contributed by atoms with Gasteiger partial charge in [-0.1, -0.05) is 0 Å². The van der Waals surface area contributed by atoms with E-state index >= 15 is 0 Å². The molecule has 0 atom stereocenters. The summed E-state index contributed by atoms with van der Waals surface area (Å²) < 4.78 is 5.68. The number of rotatable bonds is 4. The third-order valence-corrected chi connectivity index (χ3v) is 4.13. The van der Waals surface area contributed by atoms with Gasteiger partial charge in [0.25, 0.3) is 0 Å². The Morgan fingerprint density at radius 2 is 1.83 bits per heavy atom. The molecular weight excluding hydrogens is 286 g/mol. The Balaban J connectivity index is 1.85. The van der Waals surface area contributed by atoms with Crippen molar-refractivity contribution in [3.63, 3.8) is 0 Å². The maximum absolute atomic E-state index is 9.44. The predicted octanol–water partition coefficient (Wildman–Crippen LogP) is 4.33. The van der Waals surface area contributed by atoms with Crippen LogP contribution in [0.5, 0.6) is 5.75 Å². The molecule has 0 unspecified atom stereocenters. The van der Waals surface area contributed by atoms with Crippen LogP contribution in [0.4, 0.5) is 5.82 Å². The number of H-pyrrole nitrogens is 1. The summed E-state index contributed by atoms with van der Waals surface area (Å²) in [5.74, 6) is 1.83. The largest absolute Gasteiger partial charge is 0.491 e. The average molecular weight is 309 g/mol. The maximum Gasteiger partial charge on any atom is 0.124 e. The van der Waals surface area contributed by atoms with E-state index in [0.29, 0.717) is 0 Å². The normalized spacial score (nSPS) is 14.8. The molecule has 1 N–H and O–H groups in total. The molecule has 1 saturated heterocycles. The fourth-order valence-electron chi connectivity index (χ4n) is 3.04. The fourth-order valence-corrected chi connectivity index (χ4v) is 3.04. The van der Waals surface area contributed by atoms with Gasteiger partial charge in [-0.15, -0.1) is 0 Å². The van der Waals surface area contributed by atoms with Gasteiger partial charge in [0.05, 0.1) is 11.7 Å². The first-order chi connectivity index (χ1) is 11.2. The zero-order chi connectivity index (χ0) is 16.2. The van der Waals surface area contributed by atoms with Crippen LogP contribution in [0, 0.1) is 11.3 Å². The summed E-state index contributed by atoms with van der Waals surface area (Å²) in [6.45, 7) is 6.08. The first-order valence-electron chi connectivity index (χ1n) is 8.32. The molecule has 4 nitrogen and oxygen atoms in total. The molecule has 120 valence electrons. The lowest BCUT2D eigenvalue weighted by Crippen LogP contribution is -2.30. The lowest BCUT2D eigenvalue weighted by molar-refractivity contribution is 0.242. The molecule has 3 rings (SSSR count). The van der Waals surface area contributed by atoms with Gasteiger partial charge in [-0.2, -0.15) is 5.26 Å². The van der Waals surface area contributed by atoms with Crippen molar-refractivity contribution in [3.8, 4) is 23.1 Å². The molecule has 0 radical (unpaired) electrons. The number of piperidine rings is 1. The number of aromatic amines is 1. The van der Waals surface area contributed by atoms with Crippen LogP contribution in [0.3, 0.4) is 0 Å². The van der Waals surface area contributed by atoms with E-state index < -0.39 is 0 Å².